The van der Waals surface area contributed by atoms with Gasteiger partial charge in [-0.2, -0.15) is 0 Å². The Morgan fingerprint density at radius 2 is 2.43 bits per heavy atom. The van der Waals surface area contributed by atoms with Crippen LogP contribution in [0.4, 0.5) is 5.69 Å². The Hall–Kier alpha value is -1.03. The number of carbonyl (C=O) groups is 1. The van der Waals surface area contributed by atoms with Gasteiger partial charge in [0.15, 0.2) is 0 Å². The number of carboxylic acid groups (broad SMARTS) is 1. The minimum absolute atomic E-state index is 0.107. The lowest BCUT2D eigenvalue weighted by Crippen LogP contribution is -2.07. The molecule has 1 aromatic carbocycles. The standard InChI is InChI=1S/C10H10BrNO2/c11-7-1-2-8-6(3-10(13)14)5-12-9(8)4-7/h1-2,4,6,12H,3,5H2,(H,13,14). The lowest BCUT2D eigenvalue weighted by Gasteiger charge is -2.05. The lowest BCUT2D eigenvalue weighted by atomic mass is 9.98. The van der Waals surface area contributed by atoms with Crippen molar-refractivity contribution in [2.45, 2.75) is 12.3 Å². The molecular formula is C10H10BrNO2. The molecule has 0 spiro atoms. The second-order valence-corrected chi connectivity index (χ2v) is 4.32. The first-order valence-electron chi connectivity index (χ1n) is 4.42. The van der Waals surface area contributed by atoms with Gasteiger partial charge in [-0.25, -0.2) is 0 Å². The van der Waals surface area contributed by atoms with E-state index in [4.69, 9.17) is 5.11 Å². The number of halogens is 1. The van der Waals surface area contributed by atoms with Gasteiger partial charge in [-0.05, 0) is 17.7 Å². The van der Waals surface area contributed by atoms with E-state index >= 15 is 0 Å². The lowest BCUT2D eigenvalue weighted by molar-refractivity contribution is -0.137. The number of benzene rings is 1. The summed E-state index contributed by atoms with van der Waals surface area (Å²) < 4.78 is 1.01. The van der Waals surface area contributed by atoms with Gasteiger partial charge in [-0.15, -0.1) is 0 Å². The third-order valence-corrected chi connectivity index (χ3v) is 2.91. The largest absolute Gasteiger partial charge is 0.481 e. The summed E-state index contributed by atoms with van der Waals surface area (Å²) in [5.74, 6) is -0.636. The molecule has 3 nitrogen and oxygen atoms in total. The van der Waals surface area contributed by atoms with Crippen molar-refractivity contribution in [1.82, 2.24) is 0 Å². The summed E-state index contributed by atoms with van der Waals surface area (Å²) in [5, 5.41) is 11.9. The molecule has 1 aliphatic rings. The van der Waals surface area contributed by atoms with Crippen LogP contribution in [0.2, 0.25) is 0 Å². The average Bonchev–Trinajstić information content (AvgIpc) is 2.47. The maximum atomic E-state index is 10.6. The van der Waals surface area contributed by atoms with Gasteiger partial charge in [0.25, 0.3) is 0 Å². The van der Waals surface area contributed by atoms with Crippen LogP contribution in [0.25, 0.3) is 0 Å². The minimum Gasteiger partial charge on any atom is -0.481 e. The van der Waals surface area contributed by atoms with Gasteiger partial charge < -0.3 is 10.4 Å². The van der Waals surface area contributed by atoms with E-state index in [2.05, 4.69) is 21.2 Å². The summed E-state index contributed by atoms with van der Waals surface area (Å²) >= 11 is 3.38. The number of aliphatic carboxylic acids is 1. The van der Waals surface area contributed by atoms with Gasteiger partial charge in [-0.1, -0.05) is 22.0 Å². The molecular weight excluding hydrogens is 246 g/mol. The molecule has 0 saturated carbocycles. The minimum atomic E-state index is -0.743. The molecule has 0 amide bonds. The molecule has 1 unspecified atom stereocenters. The van der Waals surface area contributed by atoms with E-state index in [0.717, 1.165) is 22.3 Å². The molecule has 0 fully saturated rings. The molecule has 0 radical (unpaired) electrons. The zero-order valence-electron chi connectivity index (χ0n) is 7.46. The van der Waals surface area contributed by atoms with Gasteiger partial charge in [0.05, 0.1) is 6.42 Å². The Labute approximate surface area is 90.3 Å². The second-order valence-electron chi connectivity index (χ2n) is 3.41. The summed E-state index contributed by atoms with van der Waals surface area (Å²) in [4.78, 5) is 10.6. The predicted octanol–water partition coefficient (Wildman–Crippen LogP) is 2.43. The Balaban J connectivity index is 2.26. The van der Waals surface area contributed by atoms with Crippen molar-refractivity contribution >= 4 is 27.6 Å². The van der Waals surface area contributed by atoms with Gasteiger partial charge in [-0.3, -0.25) is 4.79 Å². The SMILES string of the molecule is O=C(O)CC1CNc2cc(Br)ccc21. The molecule has 1 atom stereocenters. The summed E-state index contributed by atoms with van der Waals surface area (Å²) in [6, 6.07) is 5.91. The molecule has 0 saturated heterocycles. The molecule has 0 bridgehead atoms. The van der Waals surface area contributed by atoms with Crippen LogP contribution in [0.15, 0.2) is 22.7 Å². The number of nitrogens with one attached hydrogen (secondary N) is 1. The molecule has 2 N–H and O–H groups in total. The fourth-order valence-electron chi connectivity index (χ4n) is 1.77. The van der Waals surface area contributed by atoms with Gasteiger partial charge >= 0.3 is 5.97 Å². The maximum Gasteiger partial charge on any atom is 0.304 e. The Morgan fingerprint density at radius 3 is 3.14 bits per heavy atom. The van der Waals surface area contributed by atoms with E-state index in [1.54, 1.807) is 0 Å². The highest BCUT2D eigenvalue weighted by Gasteiger charge is 2.24. The van der Waals surface area contributed by atoms with E-state index in [9.17, 15) is 4.79 Å². The van der Waals surface area contributed by atoms with Crippen molar-refractivity contribution in [2.24, 2.45) is 0 Å². The fourth-order valence-corrected chi connectivity index (χ4v) is 2.13. The number of hydrogen-bond donors (Lipinski definition) is 2. The van der Waals surface area contributed by atoms with E-state index < -0.39 is 5.97 Å². The van der Waals surface area contributed by atoms with Crippen molar-refractivity contribution in [3.05, 3.63) is 28.2 Å². The van der Waals surface area contributed by atoms with Crippen LogP contribution in [-0.2, 0) is 4.79 Å². The van der Waals surface area contributed by atoms with Crippen LogP contribution in [0.3, 0.4) is 0 Å². The van der Waals surface area contributed by atoms with Crippen molar-refractivity contribution in [2.75, 3.05) is 11.9 Å². The van der Waals surface area contributed by atoms with Crippen LogP contribution in [0.5, 0.6) is 0 Å². The van der Waals surface area contributed by atoms with Gasteiger partial charge in [0.1, 0.15) is 0 Å². The first-order chi connectivity index (χ1) is 6.66. The topological polar surface area (TPSA) is 49.3 Å². The number of fused-ring (bicyclic) bond motifs is 1. The molecule has 1 aromatic rings. The normalized spacial score (nSPS) is 18.8. The molecule has 14 heavy (non-hydrogen) atoms. The van der Waals surface area contributed by atoms with Crippen molar-refractivity contribution in [1.29, 1.82) is 0 Å². The highest BCUT2D eigenvalue weighted by Crippen LogP contribution is 2.35. The van der Waals surface area contributed by atoms with Crippen molar-refractivity contribution in [3.63, 3.8) is 0 Å². The Morgan fingerprint density at radius 1 is 1.64 bits per heavy atom. The van der Waals surface area contributed by atoms with E-state index in [1.165, 1.54) is 0 Å². The first kappa shape index (κ1) is 9.52. The number of anilines is 1. The first-order valence-corrected chi connectivity index (χ1v) is 5.21. The molecule has 0 aromatic heterocycles. The summed E-state index contributed by atoms with van der Waals surface area (Å²) in [5.41, 5.74) is 2.15. The van der Waals surface area contributed by atoms with E-state index in [-0.39, 0.29) is 12.3 Å². The highest BCUT2D eigenvalue weighted by molar-refractivity contribution is 9.10. The molecule has 74 valence electrons. The maximum absolute atomic E-state index is 10.6. The van der Waals surface area contributed by atoms with Crippen molar-refractivity contribution in [3.8, 4) is 0 Å². The molecule has 1 aliphatic heterocycles. The van der Waals surface area contributed by atoms with Crippen LogP contribution >= 0.6 is 15.9 Å². The molecule has 4 heteroatoms. The third-order valence-electron chi connectivity index (χ3n) is 2.42. The van der Waals surface area contributed by atoms with Crippen LogP contribution < -0.4 is 5.32 Å². The number of carboxylic acids is 1. The summed E-state index contributed by atoms with van der Waals surface area (Å²) in [6.07, 6.45) is 0.196. The van der Waals surface area contributed by atoms with E-state index in [1.807, 2.05) is 18.2 Å². The smallest absolute Gasteiger partial charge is 0.304 e. The van der Waals surface area contributed by atoms with Crippen molar-refractivity contribution < 1.29 is 9.90 Å². The molecule has 0 aliphatic carbocycles. The zero-order chi connectivity index (χ0) is 10.1. The monoisotopic (exact) mass is 255 g/mol. The average molecular weight is 256 g/mol. The predicted molar refractivity (Wildman–Crippen MR) is 57.6 cm³/mol. The Kier molecular flexibility index (Phi) is 2.46. The van der Waals surface area contributed by atoms with Gasteiger partial charge in [0.2, 0.25) is 0 Å². The zero-order valence-corrected chi connectivity index (χ0v) is 9.04. The number of rotatable bonds is 2. The van der Waals surface area contributed by atoms with E-state index in [0.29, 0.717) is 0 Å². The van der Waals surface area contributed by atoms with Crippen LogP contribution in [0.1, 0.15) is 17.9 Å². The second kappa shape index (κ2) is 3.61. The summed E-state index contributed by atoms with van der Waals surface area (Å²) in [7, 11) is 0. The van der Waals surface area contributed by atoms with Crippen LogP contribution in [0, 0.1) is 0 Å². The summed E-state index contributed by atoms with van der Waals surface area (Å²) in [6.45, 7) is 0.720. The van der Waals surface area contributed by atoms with Crippen LogP contribution in [-0.4, -0.2) is 17.6 Å². The highest BCUT2D eigenvalue weighted by atomic mass is 79.9. The number of hydrogen-bond acceptors (Lipinski definition) is 2. The fraction of sp³-hybridized carbons (Fsp3) is 0.300. The van der Waals surface area contributed by atoms with Gasteiger partial charge in [0, 0.05) is 22.6 Å². The Bertz CT molecular complexity index is 378. The third kappa shape index (κ3) is 1.75. The molecule has 2 rings (SSSR count). The quantitative estimate of drug-likeness (QED) is 0.854. The molecule has 1 heterocycles.